The van der Waals surface area contributed by atoms with Gasteiger partial charge < -0.3 is 15.0 Å². The third-order valence-corrected chi connectivity index (χ3v) is 5.13. The molecule has 148 valence electrons. The van der Waals surface area contributed by atoms with Crippen molar-refractivity contribution in [3.05, 3.63) is 72.3 Å². The van der Waals surface area contributed by atoms with Crippen molar-refractivity contribution in [2.45, 2.75) is 25.8 Å². The highest BCUT2D eigenvalue weighted by atomic mass is 16.5. The molecule has 5 nitrogen and oxygen atoms in total. The Morgan fingerprint density at radius 2 is 1.79 bits per heavy atom. The average Bonchev–Trinajstić information content (AvgIpc) is 3.18. The molecule has 1 heterocycles. The molecule has 3 aromatic carbocycles. The van der Waals surface area contributed by atoms with Crippen LogP contribution in [0.5, 0.6) is 5.75 Å². The first-order valence-electron chi connectivity index (χ1n) is 9.97. The highest BCUT2D eigenvalue weighted by Crippen LogP contribution is 2.22. The molecule has 0 saturated carbocycles. The van der Waals surface area contributed by atoms with Crippen LogP contribution in [-0.4, -0.2) is 25.0 Å². The minimum atomic E-state index is -0.0513. The summed E-state index contributed by atoms with van der Waals surface area (Å²) in [5.74, 6) is 0.894. The van der Waals surface area contributed by atoms with E-state index >= 15 is 0 Å². The van der Waals surface area contributed by atoms with Gasteiger partial charge in [0.1, 0.15) is 5.75 Å². The van der Waals surface area contributed by atoms with Crippen molar-refractivity contribution in [3.8, 4) is 5.75 Å². The van der Waals surface area contributed by atoms with E-state index in [0.29, 0.717) is 26.0 Å². The highest BCUT2D eigenvalue weighted by molar-refractivity contribution is 5.95. The fourth-order valence-corrected chi connectivity index (χ4v) is 3.52. The van der Waals surface area contributed by atoms with E-state index < -0.39 is 0 Å². The number of hydrogen-bond donors (Lipinski definition) is 1. The summed E-state index contributed by atoms with van der Waals surface area (Å²) in [5.41, 5.74) is 1.93. The summed E-state index contributed by atoms with van der Waals surface area (Å²) in [6.45, 7) is 1.58. The number of carbonyl (C=O) groups excluding carboxylic acids is 2. The van der Waals surface area contributed by atoms with Gasteiger partial charge in [0, 0.05) is 25.2 Å². The molecular formula is C24H24N2O3. The first kappa shape index (κ1) is 19.0. The molecule has 0 aliphatic carbocycles. The molecule has 1 saturated heterocycles. The van der Waals surface area contributed by atoms with Crippen LogP contribution in [0.2, 0.25) is 0 Å². The number of amides is 2. The standard InChI is InChI=1S/C24H24N2O3/c27-23(13-15-29-22-12-9-19-4-1-2-5-20(19)16-22)25-17-18-7-10-21(11-8-18)26-14-3-6-24(26)28/h1-2,4-5,7-12,16H,3,6,13-15,17H2,(H,25,27). The number of carbonyl (C=O) groups is 2. The number of nitrogens with zero attached hydrogens (tertiary/aromatic N) is 1. The number of anilines is 1. The summed E-state index contributed by atoms with van der Waals surface area (Å²) in [7, 11) is 0. The minimum absolute atomic E-state index is 0.0513. The van der Waals surface area contributed by atoms with Gasteiger partial charge in [-0.3, -0.25) is 9.59 Å². The van der Waals surface area contributed by atoms with Gasteiger partial charge in [-0.05, 0) is 47.0 Å². The predicted molar refractivity (Wildman–Crippen MR) is 114 cm³/mol. The van der Waals surface area contributed by atoms with Gasteiger partial charge in [-0.25, -0.2) is 0 Å². The Bertz CT molecular complexity index is 1010. The van der Waals surface area contributed by atoms with Crippen LogP contribution in [0, 0.1) is 0 Å². The van der Waals surface area contributed by atoms with E-state index in [2.05, 4.69) is 11.4 Å². The Morgan fingerprint density at radius 3 is 2.55 bits per heavy atom. The van der Waals surface area contributed by atoms with Gasteiger partial charge in [-0.15, -0.1) is 0 Å². The molecule has 1 N–H and O–H groups in total. The van der Waals surface area contributed by atoms with Gasteiger partial charge in [0.05, 0.1) is 13.0 Å². The Kier molecular flexibility index (Phi) is 5.75. The van der Waals surface area contributed by atoms with Crippen molar-refractivity contribution in [1.29, 1.82) is 0 Å². The van der Waals surface area contributed by atoms with Gasteiger partial charge in [0.2, 0.25) is 11.8 Å². The van der Waals surface area contributed by atoms with Gasteiger partial charge in [0.15, 0.2) is 0 Å². The average molecular weight is 388 g/mol. The first-order chi connectivity index (χ1) is 14.2. The van der Waals surface area contributed by atoms with Gasteiger partial charge in [-0.2, -0.15) is 0 Å². The monoisotopic (exact) mass is 388 g/mol. The maximum Gasteiger partial charge on any atom is 0.227 e. The normalized spacial score (nSPS) is 13.7. The zero-order valence-electron chi connectivity index (χ0n) is 16.3. The van der Waals surface area contributed by atoms with Crippen molar-refractivity contribution >= 4 is 28.3 Å². The maximum atomic E-state index is 12.1. The van der Waals surface area contributed by atoms with Crippen molar-refractivity contribution in [2.24, 2.45) is 0 Å². The van der Waals surface area contributed by atoms with Crippen LogP contribution in [-0.2, 0) is 16.1 Å². The fraction of sp³-hybridized carbons (Fsp3) is 0.250. The summed E-state index contributed by atoms with van der Waals surface area (Å²) in [5, 5.41) is 5.20. The second-order valence-electron chi connectivity index (χ2n) is 7.20. The highest BCUT2D eigenvalue weighted by Gasteiger charge is 2.21. The minimum Gasteiger partial charge on any atom is -0.493 e. The topological polar surface area (TPSA) is 58.6 Å². The van der Waals surface area contributed by atoms with Crippen molar-refractivity contribution < 1.29 is 14.3 Å². The molecule has 2 amide bonds. The molecule has 1 aliphatic rings. The van der Waals surface area contributed by atoms with Gasteiger partial charge in [0.25, 0.3) is 0 Å². The van der Waals surface area contributed by atoms with Crippen molar-refractivity contribution in [3.63, 3.8) is 0 Å². The number of benzene rings is 3. The Labute approximate surface area is 170 Å². The molecule has 4 rings (SSSR count). The fourth-order valence-electron chi connectivity index (χ4n) is 3.52. The zero-order valence-corrected chi connectivity index (χ0v) is 16.3. The maximum absolute atomic E-state index is 12.1. The molecule has 0 bridgehead atoms. The summed E-state index contributed by atoms with van der Waals surface area (Å²) >= 11 is 0. The van der Waals surface area contributed by atoms with E-state index in [4.69, 9.17) is 4.74 Å². The van der Waals surface area contributed by atoms with Gasteiger partial charge >= 0.3 is 0 Å². The molecular weight excluding hydrogens is 364 g/mol. The Balaban J connectivity index is 1.22. The molecule has 1 aliphatic heterocycles. The molecule has 1 fully saturated rings. The van der Waals surface area contributed by atoms with Crippen molar-refractivity contribution in [2.75, 3.05) is 18.1 Å². The molecule has 3 aromatic rings. The number of hydrogen-bond acceptors (Lipinski definition) is 3. The zero-order chi connectivity index (χ0) is 20.1. The molecule has 5 heteroatoms. The van der Waals surface area contributed by atoms with E-state index in [-0.39, 0.29) is 11.8 Å². The SMILES string of the molecule is O=C(CCOc1ccc2ccccc2c1)NCc1ccc(N2CCCC2=O)cc1. The summed E-state index contributed by atoms with van der Waals surface area (Å²) in [6.07, 6.45) is 1.84. The van der Waals surface area contributed by atoms with E-state index in [0.717, 1.165) is 40.7 Å². The van der Waals surface area contributed by atoms with Crippen LogP contribution in [0.25, 0.3) is 10.8 Å². The lowest BCUT2D eigenvalue weighted by Crippen LogP contribution is -2.25. The van der Waals surface area contributed by atoms with Crippen LogP contribution >= 0.6 is 0 Å². The van der Waals surface area contributed by atoms with Crippen LogP contribution in [0.15, 0.2) is 66.7 Å². The largest absolute Gasteiger partial charge is 0.493 e. The molecule has 0 spiro atoms. The third-order valence-electron chi connectivity index (χ3n) is 5.13. The number of rotatable bonds is 7. The molecule has 29 heavy (non-hydrogen) atoms. The van der Waals surface area contributed by atoms with Crippen LogP contribution in [0.1, 0.15) is 24.8 Å². The molecule has 0 radical (unpaired) electrons. The summed E-state index contributed by atoms with van der Waals surface area (Å²) in [4.78, 5) is 25.7. The smallest absolute Gasteiger partial charge is 0.227 e. The predicted octanol–water partition coefficient (Wildman–Crippen LogP) is 4.05. The molecule has 0 aromatic heterocycles. The number of ether oxygens (including phenoxy) is 1. The van der Waals surface area contributed by atoms with E-state index in [1.54, 1.807) is 0 Å². The quantitative estimate of drug-likeness (QED) is 0.664. The van der Waals surface area contributed by atoms with Crippen LogP contribution in [0.3, 0.4) is 0 Å². The third kappa shape index (κ3) is 4.74. The number of nitrogens with one attached hydrogen (secondary N) is 1. The molecule has 0 unspecified atom stereocenters. The van der Waals surface area contributed by atoms with Crippen LogP contribution < -0.4 is 15.0 Å². The van der Waals surface area contributed by atoms with E-state index in [1.807, 2.05) is 65.6 Å². The Morgan fingerprint density at radius 1 is 1.00 bits per heavy atom. The lowest BCUT2D eigenvalue weighted by Gasteiger charge is -2.16. The molecule has 0 atom stereocenters. The van der Waals surface area contributed by atoms with Gasteiger partial charge in [-0.1, -0.05) is 42.5 Å². The van der Waals surface area contributed by atoms with E-state index in [9.17, 15) is 9.59 Å². The van der Waals surface area contributed by atoms with Crippen LogP contribution in [0.4, 0.5) is 5.69 Å². The summed E-state index contributed by atoms with van der Waals surface area (Å²) < 4.78 is 5.72. The second-order valence-corrected chi connectivity index (χ2v) is 7.20. The van der Waals surface area contributed by atoms with Crippen molar-refractivity contribution in [1.82, 2.24) is 5.32 Å². The number of fused-ring (bicyclic) bond motifs is 1. The van der Waals surface area contributed by atoms with E-state index in [1.165, 1.54) is 0 Å². The lowest BCUT2D eigenvalue weighted by molar-refractivity contribution is -0.121. The lowest BCUT2D eigenvalue weighted by atomic mass is 10.1. The first-order valence-corrected chi connectivity index (χ1v) is 9.97. The summed E-state index contributed by atoms with van der Waals surface area (Å²) in [6, 6.07) is 21.8. The second kappa shape index (κ2) is 8.78. The Hall–Kier alpha value is -3.34.